The van der Waals surface area contributed by atoms with E-state index in [1.54, 1.807) is 17.9 Å². The summed E-state index contributed by atoms with van der Waals surface area (Å²) in [7, 11) is 0. The van der Waals surface area contributed by atoms with Crippen molar-refractivity contribution in [3.05, 3.63) is 12.7 Å². The van der Waals surface area contributed by atoms with Gasteiger partial charge < -0.3 is 10.0 Å². The van der Waals surface area contributed by atoms with E-state index in [2.05, 4.69) is 6.58 Å². The fourth-order valence-corrected chi connectivity index (χ4v) is 1.71. The molecule has 2 atom stereocenters. The fourth-order valence-electron chi connectivity index (χ4n) is 1.71. The molecule has 0 saturated carbocycles. The van der Waals surface area contributed by atoms with Crippen molar-refractivity contribution >= 4 is 11.9 Å². The normalized spacial score (nSPS) is 23.6. The van der Waals surface area contributed by atoms with Crippen molar-refractivity contribution in [3.8, 4) is 0 Å². The lowest BCUT2D eigenvalue weighted by Gasteiger charge is -2.22. The highest BCUT2D eigenvalue weighted by molar-refractivity contribution is 5.80. The Morgan fingerprint density at radius 1 is 1.86 bits per heavy atom. The van der Waals surface area contributed by atoms with Gasteiger partial charge in [0.15, 0.2) is 0 Å². The van der Waals surface area contributed by atoms with E-state index in [-0.39, 0.29) is 24.3 Å². The third-order valence-corrected chi connectivity index (χ3v) is 2.52. The summed E-state index contributed by atoms with van der Waals surface area (Å²) in [6, 6.07) is -0.218. The highest BCUT2D eigenvalue weighted by Crippen LogP contribution is 2.21. The molecule has 1 heterocycles. The number of nitrogens with zero attached hydrogens (tertiary/aromatic N) is 1. The molecule has 1 amide bonds. The molecule has 1 rings (SSSR count). The van der Waals surface area contributed by atoms with Gasteiger partial charge in [0, 0.05) is 24.9 Å². The number of likely N-dealkylation sites (tertiary alicyclic amines) is 1. The summed E-state index contributed by atoms with van der Waals surface area (Å²) in [4.78, 5) is 23.5. The molecule has 0 bridgehead atoms. The average Bonchev–Trinajstić information content (AvgIpc) is 2.45. The minimum absolute atomic E-state index is 0.00953. The summed E-state index contributed by atoms with van der Waals surface area (Å²) in [5.74, 6) is -0.658. The van der Waals surface area contributed by atoms with Gasteiger partial charge in [0.1, 0.15) is 0 Å². The molecule has 1 N–H and O–H groups in total. The number of hydrogen-bond donors (Lipinski definition) is 1. The lowest BCUT2D eigenvalue weighted by Crippen LogP contribution is -2.35. The molecule has 2 unspecified atom stereocenters. The minimum atomic E-state index is -0.868. The second-order valence-corrected chi connectivity index (χ2v) is 3.69. The van der Waals surface area contributed by atoms with Crippen molar-refractivity contribution in [2.24, 2.45) is 5.92 Å². The zero-order valence-electron chi connectivity index (χ0n) is 8.27. The Kier molecular flexibility index (Phi) is 3.28. The van der Waals surface area contributed by atoms with Gasteiger partial charge in [0.2, 0.25) is 5.91 Å². The predicted octanol–water partition coefficient (Wildman–Crippen LogP) is 0.884. The number of carboxylic acids is 1. The summed E-state index contributed by atoms with van der Waals surface area (Å²) in [6.45, 7) is 6.01. The standard InChI is InChI=1S/C10H15NO3/c1-3-8-5-9(12)11(6-8)7(2)4-10(13)14/h3,7-8H,1,4-6H2,2H3,(H,13,14). The first-order chi connectivity index (χ1) is 6.54. The topological polar surface area (TPSA) is 57.6 Å². The number of aliphatic carboxylic acids is 1. The molecule has 0 aromatic heterocycles. The third-order valence-electron chi connectivity index (χ3n) is 2.52. The van der Waals surface area contributed by atoms with Crippen molar-refractivity contribution in [1.82, 2.24) is 4.90 Å². The molecule has 0 spiro atoms. The molecule has 1 aliphatic rings. The summed E-state index contributed by atoms with van der Waals surface area (Å²) >= 11 is 0. The summed E-state index contributed by atoms with van der Waals surface area (Å²) < 4.78 is 0. The van der Waals surface area contributed by atoms with E-state index in [4.69, 9.17) is 5.11 Å². The first-order valence-corrected chi connectivity index (χ1v) is 4.68. The maximum absolute atomic E-state index is 11.5. The molecular weight excluding hydrogens is 182 g/mol. The van der Waals surface area contributed by atoms with Crippen LogP contribution in [0.2, 0.25) is 0 Å². The monoisotopic (exact) mass is 197 g/mol. The highest BCUT2D eigenvalue weighted by atomic mass is 16.4. The molecule has 14 heavy (non-hydrogen) atoms. The van der Waals surface area contributed by atoms with E-state index >= 15 is 0 Å². The van der Waals surface area contributed by atoms with E-state index in [1.165, 1.54) is 0 Å². The Morgan fingerprint density at radius 2 is 2.50 bits per heavy atom. The number of hydrogen-bond acceptors (Lipinski definition) is 2. The quantitative estimate of drug-likeness (QED) is 0.681. The molecule has 0 aromatic rings. The Morgan fingerprint density at radius 3 is 2.93 bits per heavy atom. The van der Waals surface area contributed by atoms with Gasteiger partial charge in [-0.1, -0.05) is 6.08 Å². The van der Waals surface area contributed by atoms with Crippen LogP contribution in [0.25, 0.3) is 0 Å². The molecule has 4 nitrogen and oxygen atoms in total. The van der Waals surface area contributed by atoms with Crippen molar-refractivity contribution < 1.29 is 14.7 Å². The van der Waals surface area contributed by atoms with Crippen LogP contribution in [0.4, 0.5) is 0 Å². The van der Waals surface area contributed by atoms with E-state index < -0.39 is 5.97 Å². The Balaban J connectivity index is 2.56. The molecule has 4 heteroatoms. The van der Waals surface area contributed by atoms with Gasteiger partial charge in [-0.05, 0) is 6.92 Å². The van der Waals surface area contributed by atoms with Crippen LogP contribution >= 0.6 is 0 Å². The first kappa shape index (κ1) is 10.8. The second-order valence-electron chi connectivity index (χ2n) is 3.69. The zero-order chi connectivity index (χ0) is 10.7. The lowest BCUT2D eigenvalue weighted by molar-refractivity contribution is -0.139. The maximum atomic E-state index is 11.5. The number of carbonyl (C=O) groups is 2. The predicted molar refractivity (Wildman–Crippen MR) is 51.7 cm³/mol. The van der Waals surface area contributed by atoms with Gasteiger partial charge in [-0.2, -0.15) is 0 Å². The van der Waals surface area contributed by atoms with Gasteiger partial charge in [0.05, 0.1) is 6.42 Å². The van der Waals surface area contributed by atoms with Crippen LogP contribution in [0.3, 0.4) is 0 Å². The molecule has 0 aromatic carbocycles. The Hall–Kier alpha value is -1.32. The smallest absolute Gasteiger partial charge is 0.305 e. The molecule has 1 aliphatic heterocycles. The lowest BCUT2D eigenvalue weighted by atomic mass is 10.1. The molecule has 0 radical (unpaired) electrons. The van der Waals surface area contributed by atoms with Crippen LogP contribution in [0.5, 0.6) is 0 Å². The average molecular weight is 197 g/mol. The van der Waals surface area contributed by atoms with E-state index in [1.807, 2.05) is 0 Å². The number of carboxylic acid groups (broad SMARTS) is 1. The van der Waals surface area contributed by atoms with Gasteiger partial charge >= 0.3 is 5.97 Å². The van der Waals surface area contributed by atoms with Crippen LogP contribution in [0.1, 0.15) is 19.8 Å². The van der Waals surface area contributed by atoms with Crippen LogP contribution in [0, 0.1) is 5.92 Å². The molecule has 1 saturated heterocycles. The van der Waals surface area contributed by atoms with Gasteiger partial charge in [-0.15, -0.1) is 6.58 Å². The van der Waals surface area contributed by atoms with Gasteiger partial charge in [-0.25, -0.2) is 0 Å². The molecule has 1 fully saturated rings. The van der Waals surface area contributed by atoms with Crippen molar-refractivity contribution in [1.29, 1.82) is 0 Å². The largest absolute Gasteiger partial charge is 0.481 e. The molecule has 78 valence electrons. The summed E-state index contributed by atoms with van der Waals surface area (Å²) in [6.07, 6.45) is 2.23. The minimum Gasteiger partial charge on any atom is -0.481 e. The SMILES string of the molecule is C=CC1CC(=O)N(C(C)CC(=O)O)C1. The van der Waals surface area contributed by atoms with Crippen molar-refractivity contribution in [2.75, 3.05) is 6.54 Å². The summed E-state index contributed by atoms with van der Waals surface area (Å²) in [5, 5.41) is 8.60. The van der Waals surface area contributed by atoms with Crippen molar-refractivity contribution in [2.45, 2.75) is 25.8 Å². The van der Waals surface area contributed by atoms with E-state index in [9.17, 15) is 9.59 Å². The Labute approximate surface area is 83.2 Å². The van der Waals surface area contributed by atoms with Crippen LogP contribution in [-0.2, 0) is 9.59 Å². The first-order valence-electron chi connectivity index (χ1n) is 4.68. The van der Waals surface area contributed by atoms with Gasteiger partial charge in [0.25, 0.3) is 0 Å². The van der Waals surface area contributed by atoms with Crippen LogP contribution < -0.4 is 0 Å². The van der Waals surface area contributed by atoms with E-state index in [0.717, 1.165) is 0 Å². The number of carbonyl (C=O) groups excluding carboxylic acids is 1. The molecule has 0 aliphatic carbocycles. The highest BCUT2D eigenvalue weighted by Gasteiger charge is 2.31. The number of rotatable bonds is 4. The summed E-state index contributed by atoms with van der Waals surface area (Å²) in [5.41, 5.74) is 0. The van der Waals surface area contributed by atoms with Gasteiger partial charge in [-0.3, -0.25) is 9.59 Å². The number of amides is 1. The zero-order valence-corrected chi connectivity index (χ0v) is 8.27. The van der Waals surface area contributed by atoms with E-state index in [0.29, 0.717) is 13.0 Å². The van der Waals surface area contributed by atoms with Crippen LogP contribution in [-0.4, -0.2) is 34.5 Å². The second kappa shape index (κ2) is 4.26. The Bertz CT molecular complexity index is 262. The van der Waals surface area contributed by atoms with Crippen molar-refractivity contribution in [3.63, 3.8) is 0 Å². The molecular formula is C10H15NO3. The maximum Gasteiger partial charge on any atom is 0.305 e. The third kappa shape index (κ3) is 2.34. The van der Waals surface area contributed by atoms with Crippen LogP contribution in [0.15, 0.2) is 12.7 Å². The fraction of sp³-hybridized carbons (Fsp3) is 0.600.